The van der Waals surface area contributed by atoms with E-state index in [1.807, 2.05) is 16.7 Å². The molecule has 3 rings (SSSR count). The van der Waals surface area contributed by atoms with Crippen molar-refractivity contribution in [3.63, 3.8) is 0 Å². The normalized spacial score (nSPS) is 15.8. The van der Waals surface area contributed by atoms with E-state index in [1.54, 1.807) is 0 Å². The Labute approximate surface area is 183 Å². The minimum absolute atomic E-state index is 0.352. The Morgan fingerprint density at radius 3 is 2.39 bits per heavy atom. The molecule has 31 heavy (non-hydrogen) atoms. The first-order valence-electron chi connectivity index (χ1n) is 9.46. The number of aromatic nitrogens is 2. The molecule has 1 aromatic carbocycles. The predicted molar refractivity (Wildman–Crippen MR) is 114 cm³/mol. The van der Waals surface area contributed by atoms with Gasteiger partial charge in [-0.15, -0.1) is 0 Å². The van der Waals surface area contributed by atoms with Crippen LogP contribution in [-0.4, -0.2) is 53.7 Å². The first kappa shape index (κ1) is 23.2. The average molecular weight is 473 g/mol. The molecule has 12 heteroatoms. The molecular weight excluding hydrogens is 451 g/mol. The van der Waals surface area contributed by atoms with Gasteiger partial charge in [-0.3, -0.25) is 9.59 Å². The van der Waals surface area contributed by atoms with Crippen LogP contribution in [0.2, 0.25) is 5.02 Å². The van der Waals surface area contributed by atoms with E-state index >= 15 is 0 Å². The summed E-state index contributed by atoms with van der Waals surface area (Å²) >= 11 is 5.98. The van der Waals surface area contributed by atoms with Crippen LogP contribution in [0.4, 0.5) is 4.39 Å². The average Bonchev–Trinajstić information content (AvgIpc) is 2.67. The smallest absolute Gasteiger partial charge is 0.306 e. The minimum atomic E-state index is -4.00. The van der Waals surface area contributed by atoms with Crippen LogP contribution in [0.5, 0.6) is 0 Å². The van der Waals surface area contributed by atoms with E-state index in [-0.39, 0.29) is 10.6 Å². The number of sulfonamides is 1. The van der Waals surface area contributed by atoms with Crippen LogP contribution in [0.3, 0.4) is 0 Å². The van der Waals surface area contributed by atoms with Gasteiger partial charge in [0.2, 0.25) is 10.0 Å². The van der Waals surface area contributed by atoms with Crippen molar-refractivity contribution in [3.8, 4) is 5.69 Å². The molecule has 2 aromatic rings. The lowest BCUT2D eigenvalue weighted by molar-refractivity contribution is 0.0980. The molecule has 1 amide bonds. The number of amides is 1. The largest absolute Gasteiger partial charge is 0.335 e. The zero-order chi connectivity index (χ0) is 23.1. The molecule has 0 spiro atoms. The highest BCUT2D eigenvalue weighted by atomic mass is 35.5. The summed E-state index contributed by atoms with van der Waals surface area (Å²) < 4.78 is 43.5. The maximum atomic E-state index is 14.6. The van der Waals surface area contributed by atoms with Crippen molar-refractivity contribution in [2.24, 2.45) is 7.05 Å². The highest BCUT2D eigenvalue weighted by Gasteiger charge is 2.31. The van der Waals surface area contributed by atoms with Crippen molar-refractivity contribution in [3.05, 3.63) is 61.1 Å². The molecule has 1 fully saturated rings. The molecule has 1 aliphatic heterocycles. The van der Waals surface area contributed by atoms with Crippen molar-refractivity contribution < 1.29 is 17.6 Å². The SMILES string of the molecule is Cc1cc(=O)n(-c2cc(C(=O)NS(=O)(=O)C3CCN(C)CC3)c(Cl)cc2F)c(=O)n1C. The molecule has 0 saturated carbocycles. The van der Waals surface area contributed by atoms with Gasteiger partial charge in [0.15, 0.2) is 0 Å². The summed E-state index contributed by atoms with van der Waals surface area (Å²) in [7, 11) is -0.721. The fourth-order valence-corrected chi connectivity index (χ4v) is 5.01. The Morgan fingerprint density at radius 2 is 1.77 bits per heavy atom. The second kappa shape index (κ2) is 8.56. The van der Waals surface area contributed by atoms with Gasteiger partial charge in [-0.1, -0.05) is 11.6 Å². The van der Waals surface area contributed by atoms with Crippen molar-refractivity contribution in [1.82, 2.24) is 18.8 Å². The number of rotatable bonds is 4. The number of aryl methyl sites for hydroxylation is 1. The summed E-state index contributed by atoms with van der Waals surface area (Å²) in [5, 5.41) is -1.10. The molecule has 0 radical (unpaired) electrons. The van der Waals surface area contributed by atoms with Crippen LogP contribution < -0.4 is 16.0 Å². The summed E-state index contributed by atoms with van der Waals surface area (Å²) in [6.45, 7) is 2.68. The molecule has 1 saturated heterocycles. The van der Waals surface area contributed by atoms with Gasteiger partial charge in [0, 0.05) is 18.8 Å². The Morgan fingerprint density at radius 1 is 1.16 bits per heavy atom. The third-order valence-electron chi connectivity index (χ3n) is 5.42. The van der Waals surface area contributed by atoms with Gasteiger partial charge in [0.05, 0.1) is 21.5 Å². The van der Waals surface area contributed by atoms with Crippen LogP contribution in [-0.2, 0) is 17.1 Å². The summed E-state index contributed by atoms with van der Waals surface area (Å²) in [4.78, 5) is 39.5. The van der Waals surface area contributed by atoms with E-state index in [0.29, 0.717) is 36.2 Å². The Bertz CT molecular complexity index is 1260. The number of nitrogens with zero attached hydrogens (tertiary/aromatic N) is 3. The lowest BCUT2D eigenvalue weighted by Crippen LogP contribution is -2.44. The zero-order valence-electron chi connectivity index (χ0n) is 17.2. The van der Waals surface area contributed by atoms with Gasteiger partial charge in [0.1, 0.15) is 5.82 Å². The van der Waals surface area contributed by atoms with Crippen LogP contribution in [0.25, 0.3) is 5.69 Å². The second-order valence-corrected chi connectivity index (χ2v) is 9.93. The van der Waals surface area contributed by atoms with E-state index in [2.05, 4.69) is 0 Å². The Kier molecular flexibility index (Phi) is 6.40. The number of piperidine rings is 1. The van der Waals surface area contributed by atoms with Gasteiger partial charge < -0.3 is 9.47 Å². The molecule has 0 aliphatic carbocycles. The van der Waals surface area contributed by atoms with Gasteiger partial charge in [0.25, 0.3) is 11.5 Å². The fraction of sp³-hybridized carbons (Fsp3) is 0.421. The summed E-state index contributed by atoms with van der Waals surface area (Å²) in [6, 6.07) is 2.80. The molecule has 2 heterocycles. The first-order valence-corrected chi connectivity index (χ1v) is 11.4. The van der Waals surface area contributed by atoms with Crippen molar-refractivity contribution in [1.29, 1.82) is 0 Å². The van der Waals surface area contributed by atoms with E-state index in [1.165, 1.54) is 14.0 Å². The van der Waals surface area contributed by atoms with Crippen molar-refractivity contribution in [2.75, 3.05) is 20.1 Å². The maximum absolute atomic E-state index is 14.6. The molecule has 1 aromatic heterocycles. The minimum Gasteiger partial charge on any atom is -0.306 e. The Balaban J connectivity index is 2.01. The van der Waals surface area contributed by atoms with Gasteiger partial charge in [-0.25, -0.2) is 26.9 Å². The summed E-state index contributed by atoms with van der Waals surface area (Å²) in [5.74, 6) is -2.08. The molecule has 1 N–H and O–H groups in total. The number of hydrogen-bond acceptors (Lipinski definition) is 6. The fourth-order valence-electron chi connectivity index (χ4n) is 3.40. The summed E-state index contributed by atoms with van der Waals surface area (Å²) in [5.41, 5.74) is -2.13. The van der Waals surface area contributed by atoms with E-state index in [4.69, 9.17) is 11.6 Å². The van der Waals surface area contributed by atoms with Crippen LogP contribution in [0, 0.1) is 12.7 Å². The topological polar surface area (TPSA) is 110 Å². The summed E-state index contributed by atoms with van der Waals surface area (Å²) in [6.07, 6.45) is 0.715. The van der Waals surface area contributed by atoms with Gasteiger partial charge >= 0.3 is 5.69 Å². The third kappa shape index (κ3) is 4.58. The van der Waals surface area contributed by atoms with E-state index < -0.39 is 43.9 Å². The second-order valence-electron chi connectivity index (χ2n) is 7.56. The Hall–Kier alpha value is -2.50. The molecule has 0 unspecified atom stereocenters. The molecule has 0 bridgehead atoms. The molecule has 9 nitrogen and oxygen atoms in total. The van der Waals surface area contributed by atoms with Crippen LogP contribution in [0.15, 0.2) is 27.8 Å². The van der Waals surface area contributed by atoms with E-state index in [9.17, 15) is 27.2 Å². The predicted octanol–water partition coefficient (Wildman–Crippen LogP) is 0.791. The standard InChI is InChI=1S/C19H22ClFN4O5S/c1-11-8-17(26)25(19(28)24(11)3)16-9-13(14(20)10-15(16)21)18(27)22-31(29,30)12-4-6-23(2)7-5-12/h8-10,12H,4-7H2,1-3H3,(H,22,27). The number of likely N-dealkylation sites (tertiary alicyclic amines) is 1. The van der Waals surface area contributed by atoms with Crippen molar-refractivity contribution >= 4 is 27.5 Å². The number of carbonyl (C=O) groups is 1. The highest BCUT2D eigenvalue weighted by molar-refractivity contribution is 7.90. The lowest BCUT2D eigenvalue weighted by atomic mass is 10.1. The van der Waals surface area contributed by atoms with E-state index in [0.717, 1.165) is 22.8 Å². The highest BCUT2D eigenvalue weighted by Crippen LogP contribution is 2.23. The van der Waals surface area contributed by atoms with Gasteiger partial charge in [-0.05, 0) is 52.0 Å². The number of hydrogen-bond donors (Lipinski definition) is 1. The number of nitrogens with one attached hydrogen (secondary N) is 1. The van der Waals surface area contributed by atoms with Crippen LogP contribution >= 0.6 is 11.6 Å². The monoisotopic (exact) mass is 472 g/mol. The molecule has 1 aliphatic rings. The quantitative estimate of drug-likeness (QED) is 0.704. The number of halogens is 2. The maximum Gasteiger partial charge on any atom is 0.335 e. The number of carbonyl (C=O) groups excluding carboxylic acids is 1. The van der Waals surface area contributed by atoms with Crippen molar-refractivity contribution in [2.45, 2.75) is 25.0 Å². The molecule has 168 valence electrons. The zero-order valence-corrected chi connectivity index (χ0v) is 18.8. The number of benzene rings is 1. The lowest BCUT2D eigenvalue weighted by Gasteiger charge is -2.28. The first-order chi connectivity index (χ1) is 14.4. The van der Waals surface area contributed by atoms with Gasteiger partial charge in [-0.2, -0.15) is 0 Å². The van der Waals surface area contributed by atoms with Crippen LogP contribution in [0.1, 0.15) is 28.9 Å². The third-order valence-corrected chi connectivity index (χ3v) is 7.55. The molecular formula is C19H22ClFN4O5S. The molecule has 0 atom stereocenters.